The van der Waals surface area contributed by atoms with Crippen molar-refractivity contribution in [1.82, 2.24) is 29.5 Å². The summed E-state index contributed by atoms with van der Waals surface area (Å²) in [4.78, 5) is 39.0. The summed E-state index contributed by atoms with van der Waals surface area (Å²) in [5, 5.41) is 4.11. The van der Waals surface area contributed by atoms with Crippen molar-refractivity contribution >= 4 is 17.5 Å². The number of likely N-dealkylation sites (tertiary alicyclic amines) is 1. The van der Waals surface area contributed by atoms with Crippen LogP contribution in [0.3, 0.4) is 0 Å². The molecule has 2 aromatic heterocycles. The van der Waals surface area contributed by atoms with E-state index >= 15 is 0 Å². The second-order valence-electron chi connectivity index (χ2n) is 6.99. The fraction of sp³-hybridized carbons (Fsp3) is 0.471. The average molecular weight is 355 g/mol. The van der Waals surface area contributed by atoms with Crippen LogP contribution in [0.4, 0.5) is 5.69 Å². The molecule has 136 valence electrons. The fourth-order valence-corrected chi connectivity index (χ4v) is 3.76. The minimum atomic E-state index is -0.270. The van der Waals surface area contributed by atoms with Gasteiger partial charge >= 0.3 is 0 Å². The molecular formula is C17H21N7O2. The third-order valence-corrected chi connectivity index (χ3v) is 5.30. The number of hydrogen-bond donors (Lipinski definition) is 0. The Bertz CT molecular complexity index is 837. The minimum Gasteiger partial charge on any atom is -0.334 e. The summed E-state index contributed by atoms with van der Waals surface area (Å²) in [5.74, 6) is 0.0891. The van der Waals surface area contributed by atoms with Gasteiger partial charge in [0.15, 0.2) is 0 Å². The number of carbonyl (C=O) groups excluding carboxylic acids is 2. The molecule has 4 rings (SSSR count). The van der Waals surface area contributed by atoms with Gasteiger partial charge in [-0.05, 0) is 25.6 Å². The first-order valence-electron chi connectivity index (χ1n) is 8.55. The molecule has 0 bridgehead atoms. The molecule has 9 heteroatoms. The second-order valence-corrected chi connectivity index (χ2v) is 6.99. The largest absolute Gasteiger partial charge is 0.334 e. The zero-order chi connectivity index (χ0) is 18.3. The standard InChI is InChI=1S/C17H21N7O2/c1-21-9-14(25)24(13-4-3-6-18-8-13)11-17(21)5-7-23(10-17)16(26)15-19-12-22(2)20-15/h3-4,6,8,12H,5,7,9-11H2,1-2H3. The van der Waals surface area contributed by atoms with E-state index in [-0.39, 0.29) is 23.2 Å². The molecule has 2 aliphatic heterocycles. The molecule has 2 aliphatic rings. The highest BCUT2D eigenvalue weighted by Crippen LogP contribution is 2.33. The molecule has 1 spiro atoms. The summed E-state index contributed by atoms with van der Waals surface area (Å²) in [6.07, 6.45) is 5.71. The van der Waals surface area contributed by atoms with Gasteiger partial charge in [-0.3, -0.25) is 24.2 Å². The molecule has 26 heavy (non-hydrogen) atoms. The molecule has 1 unspecified atom stereocenters. The van der Waals surface area contributed by atoms with Gasteiger partial charge in [0.05, 0.1) is 24.0 Å². The van der Waals surface area contributed by atoms with Gasteiger partial charge in [-0.1, -0.05) is 0 Å². The number of aromatic nitrogens is 4. The van der Waals surface area contributed by atoms with E-state index < -0.39 is 0 Å². The van der Waals surface area contributed by atoms with E-state index in [4.69, 9.17) is 0 Å². The number of amides is 2. The lowest BCUT2D eigenvalue weighted by molar-refractivity contribution is -0.123. The number of aryl methyl sites for hydroxylation is 1. The maximum absolute atomic E-state index is 12.7. The van der Waals surface area contributed by atoms with Crippen molar-refractivity contribution in [2.75, 3.05) is 38.1 Å². The number of piperazine rings is 1. The van der Waals surface area contributed by atoms with E-state index in [1.54, 1.807) is 29.2 Å². The smallest absolute Gasteiger partial charge is 0.293 e. The predicted octanol–water partition coefficient (Wildman–Crippen LogP) is -0.227. The van der Waals surface area contributed by atoms with Crippen LogP contribution >= 0.6 is 0 Å². The maximum atomic E-state index is 12.7. The lowest BCUT2D eigenvalue weighted by Crippen LogP contribution is -2.64. The van der Waals surface area contributed by atoms with E-state index in [1.165, 1.54) is 11.0 Å². The van der Waals surface area contributed by atoms with Crippen LogP contribution in [0.5, 0.6) is 0 Å². The predicted molar refractivity (Wildman–Crippen MR) is 93.5 cm³/mol. The number of pyridine rings is 1. The fourth-order valence-electron chi connectivity index (χ4n) is 3.76. The molecule has 0 radical (unpaired) electrons. The van der Waals surface area contributed by atoms with Crippen LogP contribution in [-0.4, -0.2) is 80.1 Å². The van der Waals surface area contributed by atoms with Gasteiger partial charge in [0, 0.05) is 32.9 Å². The number of rotatable bonds is 2. The molecule has 0 aromatic carbocycles. The highest BCUT2D eigenvalue weighted by atomic mass is 16.2. The zero-order valence-corrected chi connectivity index (χ0v) is 14.9. The van der Waals surface area contributed by atoms with Crippen LogP contribution in [0.25, 0.3) is 0 Å². The summed E-state index contributed by atoms with van der Waals surface area (Å²) in [5.41, 5.74) is 0.523. The van der Waals surface area contributed by atoms with Gasteiger partial charge in [0.25, 0.3) is 5.91 Å². The van der Waals surface area contributed by atoms with Gasteiger partial charge in [-0.25, -0.2) is 4.98 Å². The van der Waals surface area contributed by atoms with Gasteiger partial charge in [0.1, 0.15) is 6.33 Å². The summed E-state index contributed by atoms with van der Waals surface area (Å²) in [7, 11) is 3.69. The summed E-state index contributed by atoms with van der Waals surface area (Å²) >= 11 is 0. The second kappa shape index (κ2) is 6.17. The summed E-state index contributed by atoms with van der Waals surface area (Å²) in [6.45, 7) is 2.02. The number of hydrogen-bond acceptors (Lipinski definition) is 6. The third kappa shape index (κ3) is 2.74. The lowest BCUT2D eigenvalue weighted by atomic mass is 9.92. The molecule has 0 N–H and O–H groups in total. The summed E-state index contributed by atoms with van der Waals surface area (Å²) < 4.78 is 1.52. The summed E-state index contributed by atoms with van der Waals surface area (Å²) in [6, 6.07) is 3.71. The van der Waals surface area contributed by atoms with Crippen molar-refractivity contribution < 1.29 is 9.59 Å². The Morgan fingerprint density at radius 1 is 1.27 bits per heavy atom. The van der Waals surface area contributed by atoms with Gasteiger partial charge in [-0.2, -0.15) is 0 Å². The minimum absolute atomic E-state index is 0.0438. The zero-order valence-electron chi connectivity index (χ0n) is 14.9. The number of anilines is 1. The Hall–Kier alpha value is -2.81. The monoisotopic (exact) mass is 355 g/mol. The topological polar surface area (TPSA) is 87.5 Å². The molecular weight excluding hydrogens is 334 g/mol. The van der Waals surface area contributed by atoms with Crippen molar-refractivity contribution in [3.8, 4) is 0 Å². The first-order valence-corrected chi connectivity index (χ1v) is 8.55. The molecule has 2 aromatic rings. The Labute approximate surface area is 151 Å². The molecule has 9 nitrogen and oxygen atoms in total. The first kappa shape index (κ1) is 16.6. The van der Waals surface area contributed by atoms with E-state index in [2.05, 4.69) is 20.0 Å². The van der Waals surface area contributed by atoms with Crippen LogP contribution in [0.2, 0.25) is 0 Å². The molecule has 2 saturated heterocycles. The normalized spacial score (nSPS) is 23.8. The van der Waals surface area contributed by atoms with Crippen molar-refractivity contribution in [1.29, 1.82) is 0 Å². The van der Waals surface area contributed by atoms with Crippen molar-refractivity contribution in [2.24, 2.45) is 7.05 Å². The SMILES string of the molecule is CN1CC(=O)N(c2cccnc2)CC12CCN(C(=O)c1ncn(C)n1)C2. The lowest BCUT2D eigenvalue weighted by Gasteiger charge is -2.46. The van der Waals surface area contributed by atoms with Gasteiger partial charge in [0.2, 0.25) is 11.7 Å². The first-order chi connectivity index (χ1) is 12.5. The van der Waals surface area contributed by atoms with E-state index in [0.29, 0.717) is 26.2 Å². The highest BCUT2D eigenvalue weighted by molar-refractivity contribution is 5.96. The molecule has 2 amide bonds. The van der Waals surface area contributed by atoms with Crippen molar-refractivity contribution in [2.45, 2.75) is 12.0 Å². The van der Waals surface area contributed by atoms with Crippen LogP contribution in [0.1, 0.15) is 17.0 Å². The quantitative estimate of drug-likeness (QED) is 0.740. The Morgan fingerprint density at radius 3 is 2.81 bits per heavy atom. The van der Waals surface area contributed by atoms with E-state index in [9.17, 15) is 9.59 Å². The molecule has 4 heterocycles. The molecule has 2 fully saturated rings. The molecule has 0 aliphatic carbocycles. The Morgan fingerprint density at radius 2 is 2.12 bits per heavy atom. The van der Waals surface area contributed by atoms with Crippen LogP contribution in [0.15, 0.2) is 30.9 Å². The Balaban J connectivity index is 1.56. The Kier molecular flexibility index (Phi) is 3.95. The van der Waals surface area contributed by atoms with Crippen molar-refractivity contribution in [3.05, 3.63) is 36.7 Å². The number of nitrogens with zero attached hydrogens (tertiary/aromatic N) is 7. The number of likely N-dealkylation sites (N-methyl/N-ethyl adjacent to an activating group) is 1. The maximum Gasteiger partial charge on any atom is 0.293 e. The third-order valence-electron chi connectivity index (χ3n) is 5.30. The van der Waals surface area contributed by atoms with Gasteiger partial charge < -0.3 is 9.80 Å². The number of carbonyl (C=O) groups is 2. The van der Waals surface area contributed by atoms with Crippen LogP contribution in [0, 0.1) is 0 Å². The molecule has 0 saturated carbocycles. The van der Waals surface area contributed by atoms with E-state index in [1.807, 2.05) is 19.2 Å². The van der Waals surface area contributed by atoms with Crippen LogP contribution < -0.4 is 4.90 Å². The van der Waals surface area contributed by atoms with Gasteiger partial charge in [-0.15, -0.1) is 5.10 Å². The molecule has 1 atom stereocenters. The highest BCUT2D eigenvalue weighted by Gasteiger charge is 2.49. The van der Waals surface area contributed by atoms with Crippen LogP contribution in [-0.2, 0) is 11.8 Å². The van der Waals surface area contributed by atoms with E-state index in [0.717, 1.165) is 12.1 Å². The average Bonchev–Trinajstić information content (AvgIpc) is 3.26. The van der Waals surface area contributed by atoms with Crippen molar-refractivity contribution in [3.63, 3.8) is 0 Å².